The molecule has 0 aliphatic carbocycles. The van der Waals surface area contributed by atoms with Crippen molar-refractivity contribution in [2.24, 2.45) is 4.99 Å². The Hall–Kier alpha value is -3.28. The lowest BCUT2D eigenvalue weighted by molar-refractivity contribution is -0.140. The van der Waals surface area contributed by atoms with Gasteiger partial charge in [0.1, 0.15) is 11.8 Å². The molecule has 3 rings (SSSR count). The summed E-state index contributed by atoms with van der Waals surface area (Å²) >= 11 is 0. The van der Waals surface area contributed by atoms with Crippen molar-refractivity contribution in [3.63, 3.8) is 0 Å². The zero-order valence-corrected chi connectivity index (χ0v) is 18.7. The van der Waals surface area contributed by atoms with Crippen molar-refractivity contribution in [1.82, 2.24) is 20.4 Å². The van der Waals surface area contributed by atoms with Gasteiger partial charge >= 0.3 is 0 Å². The van der Waals surface area contributed by atoms with Gasteiger partial charge in [0.25, 0.3) is 0 Å². The smallest absolute Gasteiger partial charge is 0.245 e. The van der Waals surface area contributed by atoms with Crippen LogP contribution in [0.4, 0.5) is 0 Å². The number of aliphatic imine (C=N–C) groups is 1. The lowest BCUT2D eigenvalue weighted by Crippen LogP contribution is -2.52. The summed E-state index contributed by atoms with van der Waals surface area (Å²) in [4.78, 5) is 33.7. The van der Waals surface area contributed by atoms with E-state index < -0.39 is 6.04 Å². The number of rotatable bonds is 7. The molecule has 2 amide bonds. The molecule has 0 saturated carbocycles. The summed E-state index contributed by atoms with van der Waals surface area (Å²) in [6, 6.07) is 7.06. The van der Waals surface area contributed by atoms with E-state index in [0.29, 0.717) is 26.1 Å². The maximum atomic E-state index is 13.2. The summed E-state index contributed by atoms with van der Waals surface area (Å²) in [5.74, 6) is 0.863. The topological polar surface area (TPSA) is 110 Å². The van der Waals surface area contributed by atoms with Gasteiger partial charge in [-0.15, -0.1) is 0 Å². The number of nitriles is 1. The summed E-state index contributed by atoms with van der Waals surface area (Å²) in [6.45, 7) is 4.98. The Morgan fingerprint density at radius 3 is 2.72 bits per heavy atom. The van der Waals surface area contributed by atoms with Crippen LogP contribution >= 0.6 is 0 Å². The van der Waals surface area contributed by atoms with Gasteiger partial charge in [-0.2, -0.15) is 5.26 Å². The maximum Gasteiger partial charge on any atom is 0.245 e. The number of carbonyl (C=O) groups excluding carboxylic acids is 2. The van der Waals surface area contributed by atoms with Crippen LogP contribution < -0.4 is 15.4 Å². The molecule has 1 aromatic carbocycles. The summed E-state index contributed by atoms with van der Waals surface area (Å²) < 4.78 is 5.63. The first-order valence-electron chi connectivity index (χ1n) is 11.4. The second-order valence-corrected chi connectivity index (χ2v) is 7.98. The highest BCUT2D eigenvalue weighted by atomic mass is 16.5. The van der Waals surface area contributed by atoms with E-state index in [1.807, 2.05) is 42.3 Å². The highest BCUT2D eigenvalue weighted by Gasteiger charge is 2.30. The van der Waals surface area contributed by atoms with Crippen LogP contribution in [-0.2, 0) is 16.1 Å². The van der Waals surface area contributed by atoms with Crippen molar-refractivity contribution < 1.29 is 14.3 Å². The van der Waals surface area contributed by atoms with E-state index in [1.54, 1.807) is 4.90 Å². The van der Waals surface area contributed by atoms with Crippen molar-refractivity contribution in [2.45, 2.75) is 51.6 Å². The molecule has 9 heteroatoms. The predicted molar refractivity (Wildman–Crippen MR) is 121 cm³/mol. The zero-order chi connectivity index (χ0) is 22.8. The molecule has 172 valence electrons. The third-order valence-corrected chi connectivity index (χ3v) is 5.73. The molecule has 2 N–H and O–H groups in total. The molecule has 2 aliphatic heterocycles. The van der Waals surface area contributed by atoms with Gasteiger partial charge < -0.3 is 19.9 Å². The minimum absolute atomic E-state index is 0.00747. The summed E-state index contributed by atoms with van der Waals surface area (Å²) in [5.41, 5.74) is 0.887. The summed E-state index contributed by atoms with van der Waals surface area (Å²) in [5, 5.41) is 14.8. The van der Waals surface area contributed by atoms with Gasteiger partial charge in [0.05, 0.1) is 19.7 Å². The summed E-state index contributed by atoms with van der Waals surface area (Å²) in [7, 11) is 0. The number of likely N-dealkylation sites (tertiary alicyclic amines) is 2. The second-order valence-electron chi connectivity index (χ2n) is 7.98. The van der Waals surface area contributed by atoms with Crippen LogP contribution in [0.2, 0.25) is 0 Å². The van der Waals surface area contributed by atoms with Crippen LogP contribution in [0.5, 0.6) is 5.75 Å². The molecule has 1 atom stereocenters. The van der Waals surface area contributed by atoms with Crippen LogP contribution in [0.25, 0.3) is 0 Å². The van der Waals surface area contributed by atoms with E-state index in [0.717, 1.165) is 50.1 Å². The number of hydrogen-bond donors (Lipinski definition) is 2. The number of guanidine groups is 1. The molecule has 2 saturated heterocycles. The molecular weight excluding hydrogens is 408 g/mol. The van der Waals surface area contributed by atoms with Crippen LogP contribution in [0.15, 0.2) is 29.3 Å². The molecule has 2 fully saturated rings. The standard InChI is InChI=1S/C23H32N6O3/c1-2-32-20-11-4-3-9-18(20)15-25-23(26-17-24)27-19-10-5-6-14-29(22(19)31)16-21(30)28-12-7-8-13-28/h3-4,9,11,19H,2,5-8,10,12-16H2,1H3,(H2,25,26,27). The molecule has 2 heterocycles. The Morgan fingerprint density at radius 1 is 1.22 bits per heavy atom. The lowest BCUT2D eigenvalue weighted by Gasteiger charge is -2.27. The number of ether oxygens (including phenoxy) is 1. The number of carbonyl (C=O) groups is 2. The first kappa shape index (κ1) is 23.4. The Bertz CT molecular complexity index is 860. The number of nitrogens with zero attached hydrogens (tertiary/aromatic N) is 4. The quantitative estimate of drug-likeness (QED) is 0.288. The predicted octanol–water partition coefficient (Wildman–Crippen LogP) is 1.61. The number of benzene rings is 1. The highest BCUT2D eigenvalue weighted by molar-refractivity contribution is 5.92. The molecule has 0 radical (unpaired) electrons. The van der Waals surface area contributed by atoms with Gasteiger partial charge in [0, 0.05) is 25.2 Å². The molecular formula is C23H32N6O3. The fourth-order valence-corrected chi connectivity index (χ4v) is 4.06. The number of hydrogen-bond acceptors (Lipinski definition) is 5. The number of nitrogens with one attached hydrogen (secondary N) is 2. The van der Waals surface area contributed by atoms with Crippen molar-refractivity contribution >= 4 is 17.8 Å². The largest absolute Gasteiger partial charge is 0.494 e. The SMILES string of the molecule is CCOc1ccccc1CN=C(NC#N)NC1CCCCN(CC(=O)N2CCCC2)C1=O. The molecule has 0 spiro atoms. The molecule has 2 aliphatic rings. The molecule has 9 nitrogen and oxygen atoms in total. The average molecular weight is 441 g/mol. The Labute approximate surface area is 189 Å². The third-order valence-electron chi connectivity index (χ3n) is 5.73. The first-order chi connectivity index (χ1) is 15.6. The van der Waals surface area contributed by atoms with Gasteiger partial charge in [0.2, 0.25) is 17.8 Å². The van der Waals surface area contributed by atoms with E-state index in [4.69, 9.17) is 10.00 Å². The second kappa shape index (κ2) is 11.9. The minimum atomic E-state index is -0.536. The molecule has 1 unspecified atom stereocenters. The third kappa shape index (κ3) is 6.36. The van der Waals surface area contributed by atoms with Gasteiger partial charge in [-0.25, -0.2) is 4.99 Å². The van der Waals surface area contributed by atoms with Crippen LogP contribution in [0.3, 0.4) is 0 Å². The van der Waals surface area contributed by atoms with E-state index >= 15 is 0 Å². The van der Waals surface area contributed by atoms with Gasteiger partial charge in [-0.3, -0.25) is 14.9 Å². The fourth-order valence-electron chi connectivity index (χ4n) is 4.06. The van der Waals surface area contributed by atoms with Gasteiger partial charge in [-0.05, 0) is 45.1 Å². The summed E-state index contributed by atoms with van der Waals surface area (Å²) in [6.07, 6.45) is 6.25. The lowest BCUT2D eigenvalue weighted by atomic mass is 10.1. The van der Waals surface area contributed by atoms with Crippen LogP contribution in [0.1, 0.15) is 44.6 Å². The van der Waals surface area contributed by atoms with E-state index in [-0.39, 0.29) is 24.3 Å². The normalized spacial score (nSPS) is 19.3. The Balaban J connectivity index is 1.67. The average Bonchev–Trinajstić information content (AvgIpc) is 3.29. The number of para-hydroxylation sites is 1. The van der Waals surface area contributed by atoms with Crippen molar-refractivity contribution in [3.8, 4) is 11.9 Å². The van der Waals surface area contributed by atoms with Crippen molar-refractivity contribution in [1.29, 1.82) is 5.26 Å². The zero-order valence-electron chi connectivity index (χ0n) is 18.7. The van der Waals surface area contributed by atoms with E-state index in [2.05, 4.69) is 15.6 Å². The number of amides is 2. The van der Waals surface area contributed by atoms with Gasteiger partial charge in [0.15, 0.2) is 6.19 Å². The first-order valence-corrected chi connectivity index (χ1v) is 11.4. The molecule has 0 aromatic heterocycles. The van der Waals surface area contributed by atoms with Crippen molar-refractivity contribution in [2.75, 3.05) is 32.8 Å². The van der Waals surface area contributed by atoms with Crippen molar-refractivity contribution in [3.05, 3.63) is 29.8 Å². The molecule has 0 bridgehead atoms. The highest BCUT2D eigenvalue weighted by Crippen LogP contribution is 2.19. The van der Waals surface area contributed by atoms with E-state index in [1.165, 1.54) is 0 Å². The molecule has 32 heavy (non-hydrogen) atoms. The maximum absolute atomic E-state index is 13.2. The van der Waals surface area contributed by atoms with E-state index in [9.17, 15) is 9.59 Å². The Kier molecular flexibility index (Phi) is 8.72. The fraction of sp³-hybridized carbons (Fsp3) is 0.565. The monoisotopic (exact) mass is 440 g/mol. The Morgan fingerprint density at radius 2 is 1.97 bits per heavy atom. The minimum Gasteiger partial charge on any atom is -0.494 e. The van der Waals surface area contributed by atoms with Gasteiger partial charge in [-0.1, -0.05) is 18.2 Å². The van der Waals surface area contributed by atoms with Crippen LogP contribution in [-0.4, -0.2) is 66.4 Å². The molecule has 1 aromatic rings. The van der Waals surface area contributed by atoms with Crippen LogP contribution in [0, 0.1) is 11.5 Å².